The Morgan fingerprint density at radius 3 is 2.61 bits per heavy atom. The Morgan fingerprint density at radius 1 is 1.16 bits per heavy atom. The summed E-state index contributed by atoms with van der Waals surface area (Å²) in [5, 5.41) is 1.33. The van der Waals surface area contributed by atoms with Crippen molar-refractivity contribution in [3.63, 3.8) is 0 Å². The predicted molar refractivity (Wildman–Crippen MR) is 120 cm³/mol. The molecule has 31 heavy (non-hydrogen) atoms. The number of halogens is 1. The maximum Gasteiger partial charge on any atom is 0.317 e. The van der Waals surface area contributed by atoms with E-state index in [0.29, 0.717) is 35.7 Å². The third kappa shape index (κ3) is 6.30. The van der Waals surface area contributed by atoms with Crippen LogP contribution in [0.3, 0.4) is 0 Å². The second-order valence-corrected chi connectivity index (χ2v) is 9.46. The van der Waals surface area contributed by atoms with Crippen LogP contribution in [0.1, 0.15) is 58.8 Å². The molecule has 1 atom stereocenters. The third-order valence-corrected chi connectivity index (χ3v) is 6.35. The molecule has 2 aliphatic rings. The lowest BCUT2D eigenvalue weighted by atomic mass is 9.95. The summed E-state index contributed by atoms with van der Waals surface area (Å²) in [6.07, 6.45) is 8.79. The number of ether oxygens (including phenoxy) is 3. The zero-order valence-corrected chi connectivity index (χ0v) is 19.1. The molecule has 7 heteroatoms. The van der Waals surface area contributed by atoms with E-state index in [4.69, 9.17) is 25.8 Å². The minimum atomic E-state index is 0.0866. The van der Waals surface area contributed by atoms with E-state index >= 15 is 0 Å². The van der Waals surface area contributed by atoms with Crippen molar-refractivity contribution in [3.8, 4) is 11.8 Å². The van der Waals surface area contributed by atoms with Crippen LogP contribution in [0, 0.1) is 11.8 Å². The van der Waals surface area contributed by atoms with Crippen LogP contribution in [0.4, 0.5) is 0 Å². The van der Waals surface area contributed by atoms with Crippen LogP contribution in [-0.2, 0) is 9.53 Å². The molecule has 0 amide bonds. The first-order chi connectivity index (χ1) is 15.0. The van der Waals surface area contributed by atoms with Gasteiger partial charge in [-0.25, -0.2) is 4.98 Å². The molecule has 2 aliphatic carbocycles. The first kappa shape index (κ1) is 22.3. The van der Waals surface area contributed by atoms with Gasteiger partial charge in [-0.15, -0.1) is 0 Å². The largest absolute Gasteiger partial charge is 0.492 e. The number of fused-ring (bicyclic) bond motifs is 1. The number of ketones is 1. The number of benzene rings is 1. The van der Waals surface area contributed by atoms with Crippen molar-refractivity contribution in [1.29, 1.82) is 0 Å². The molecule has 0 unspecified atom stereocenters. The van der Waals surface area contributed by atoms with E-state index in [1.54, 1.807) is 13.1 Å². The topological polar surface area (TPSA) is 70.5 Å². The van der Waals surface area contributed by atoms with E-state index in [-0.39, 0.29) is 23.9 Å². The number of carbonyl (C=O) groups excluding carboxylic acids is 1. The highest BCUT2D eigenvalue weighted by atomic mass is 35.5. The van der Waals surface area contributed by atoms with Gasteiger partial charge in [-0.1, -0.05) is 18.5 Å². The van der Waals surface area contributed by atoms with Gasteiger partial charge in [-0.2, -0.15) is 4.98 Å². The van der Waals surface area contributed by atoms with Gasteiger partial charge in [0.1, 0.15) is 17.6 Å². The Balaban J connectivity index is 1.28. The summed E-state index contributed by atoms with van der Waals surface area (Å²) in [4.78, 5) is 20.1. The molecule has 4 rings (SSSR count). The van der Waals surface area contributed by atoms with Gasteiger partial charge in [0, 0.05) is 24.6 Å². The molecule has 0 spiro atoms. The number of carbonyl (C=O) groups is 1. The minimum Gasteiger partial charge on any atom is -0.492 e. The maximum atomic E-state index is 11.2. The Bertz CT molecular complexity index is 910. The maximum absolute atomic E-state index is 11.2. The van der Waals surface area contributed by atoms with Crippen LogP contribution < -0.4 is 9.47 Å². The second kappa shape index (κ2) is 10.1. The average molecular weight is 447 g/mol. The van der Waals surface area contributed by atoms with Crippen molar-refractivity contribution in [3.05, 3.63) is 23.4 Å². The molecular formula is C24H31ClN2O4. The van der Waals surface area contributed by atoms with Gasteiger partial charge in [0.25, 0.3) is 0 Å². The van der Waals surface area contributed by atoms with E-state index in [9.17, 15) is 4.79 Å². The van der Waals surface area contributed by atoms with Crippen LogP contribution in [-0.4, -0.2) is 41.2 Å². The first-order valence-corrected chi connectivity index (χ1v) is 11.7. The Morgan fingerprint density at radius 2 is 1.90 bits per heavy atom. The molecular weight excluding hydrogens is 416 g/mol. The van der Waals surface area contributed by atoms with Crippen molar-refractivity contribution in [2.45, 2.75) is 71.0 Å². The molecule has 168 valence electrons. The molecule has 0 aliphatic heterocycles. The summed E-state index contributed by atoms with van der Waals surface area (Å²) in [6.45, 7) is 5.04. The Labute approximate surface area is 188 Å². The molecule has 0 radical (unpaired) electrons. The van der Waals surface area contributed by atoms with Crippen LogP contribution in [0.5, 0.6) is 11.8 Å². The second-order valence-electron chi connectivity index (χ2n) is 9.08. The van der Waals surface area contributed by atoms with E-state index in [1.807, 2.05) is 12.1 Å². The summed E-state index contributed by atoms with van der Waals surface area (Å²) in [5.41, 5.74) is 0.755. The Hall–Kier alpha value is -1.92. The minimum absolute atomic E-state index is 0.0866. The number of aromatic nitrogens is 2. The summed E-state index contributed by atoms with van der Waals surface area (Å²) < 4.78 is 17.9. The highest BCUT2D eigenvalue weighted by Gasteiger charge is 2.25. The van der Waals surface area contributed by atoms with E-state index in [0.717, 1.165) is 43.2 Å². The van der Waals surface area contributed by atoms with E-state index < -0.39 is 0 Å². The fourth-order valence-corrected chi connectivity index (χ4v) is 4.27. The molecule has 0 saturated heterocycles. The van der Waals surface area contributed by atoms with Crippen molar-refractivity contribution in [1.82, 2.24) is 9.97 Å². The van der Waals surface area contributed by atoms with Gasteiger partial charge in [0.15, 0.2) is 0 Å². The fraction of sp³-hybridized carbons (Fsp3) is 0.625. The van der Waals surface area contributed by atoms with Crippen LogP contribution in [0.25, 0.3) is 10.9 Å². The number of hydrogen-bond donors (Lipinski definition) is 0. The van der Waals surface area contributed by atoms with Crippen molar-refractivity contribution < 1.29 is 19.0 Å². The van der Waals surface area contributed by atoms with Crippen molar-refractivity contribution in [2.75, 3.05) is 13.2 Å². The molecule has 1 aromatic heterocycles. The highest BCUT2D eigenvalue weighted by molar-refractivity contribution is 6.36. The van der Waals surface area contributed by atoms with Gasteiger partial charge in [-0.3, -0.25) is 0 Å². The number of rotatable bonds is 10. The smallest absolute Gasteiger partial charge is 0.317 e. The van der Waals surface area contributed by atoms with Gasteiger partial charge in [0.2, 0.25) is 0 Å². The zero-order valence-electron chi connectivity index (χ0n) is 18.3. The lowest BCUT2D eigenvalue weighted by Gasteiger charge is -2.29. The van der Waals surface area contributed by atoms with Crippen LogP contribution in [0.2, 0.25) is 5.02 Å². The lowest BCUT2D eigenvalue weighted by molar-refractivity contribution is -0.118. The lowest BCUT2D eigenvalue weighted by Crippen LogP contribution is -2.30. The molecule has 1 aromatic carbocycles. The SMILES string of the molecule is CC(=O)C[C@@H](C)COC1CCC(Oc2ncc3c(Cl)c(OCC4CC4)ccc3n2)CC1. The van der Waals surface area contributed by atoms with Gasteiger partial charge in [0.05, 0.1) is 23.3 Å². The molecule has 0 bridgehead atoms. The summed E-state index contributed by atoms with van der Waals surface area (Å²) >= 11 is 6.51. The fourth-order valence-electron chi connectivity index (χ4n) is 4.01. The number of hydrogen-bond acceptors (Lipinski definition) is 6. The summed E-state index contributed by atoms with van der Waals surface area (Å²) in [5.74, 6) is 1.84. The Kier molecular flexibility index (Phi) is 7.28. The van der Waals surface area contributed by atoms with E-state index in [2.05, 4.69) is 16.9 Å². The van der Waals surface area contributed by atoms with Gasteiger partial charge in [-0.05, 0) is 69.4 Å². The third-order valence-electron chi connectivity index (χ3n) is 5.96. The zero-order chi connectivity index (χ0) is 21.8. The molecule has 1 heterocycles. The van der Waals surface area contributed by atoms with Crippen molar-refractivity contribution >= 4 is 28.3 Å². The van der Waals surface area contributed by atoms with E-state index in [1.165, 1.54) is 12.8 Å². The standard InChI is InChI=1S/C24H31ClN2O4/c1-15(11-16(2)28)13-29-18-5-7-19(8-6-18)31-24-26-12-20-21(27-24)9-10-22(23(20)25)30-14-17-3-4-17/h9-10,12,15,17-19H,3-8,11,13-14H2,1-2H3/t15-,18?,19?/m1/s1. The monoisotopic (exact) mass is 446 g/mol. The molecule has 6 nitrogen and oxygen atoms in total. The number of nitrogens with zero attached hydrogens (tertiary/aromatic N) is 2. The van der Waals surface area contributed by atoms with Crippen LogP contribution in [0.15, 0.2) is 18.3 Å². The molecule has 2 saturated carbocycles. The number of Topliss-reactive ketones (excluding diaryl/α,β-unsaturated/α-hetero) is 1. The molecule has 2 fully saturated rings. The van der Waals surface area contributed by atoms with Crippen LogP contribution >= 0.6 is 11.6 Å². The molecule has 2 aromatic rings. The normalized spacial score (nSPS) is 22.3. The summed E-state index contributed by atoms with van der Waals surface area (Å²) in [7, 11) is 0. The van der Waals surface area contributed by atoms with Crippen molar-refractivity contribution in [2.24, 2.45) is 11.8 Å². The summed E-state index contributed by atoms with van der Waals surface area (Å²) in [6, 6.07) is 4.17. The quantitative estimate of drug-likeness (QED) is 0.487. The predicted octanol–water partition coefficient (Wildman–Crippen LogP) is 5.39. The first-order valence-electron chi connectivity index (χ1n) is 11.3. The highest BCUT2D eigenvalue weighted by Crippen LogP contribution is 2.35. The molecule has 0 N–H and O–H groups in total. The van der Waals surface area contributed by atoms with Gasteiger partial charge < -0.3 is 19.0 Å². The average Bonchev–Trinajstić information content (AvgIpc) is 3.57. The van der Waals surface area contributed by atoms with Gasteiger partial charge >= 0.3 is 6.01 Å².